The van der Waals surface area contributed by atoms with E-state index in [0.29, 0.717) is 0 Å². The van der Waals surface area contributed by atoms with E-state index >= 15 is 0 Å². The van der Waals surface area contributed by atoms with Gasteiger partial charge in [0.2, 0.25) is 0 Å². The third-order valence-electron chi connectivity index (χ3n) is 1.74. The van der Waals surface area contributed by atoms with Crippen LogP contribution >= 0.6 is 11.6 Å². The Morgan fingerprint density at radius 2 is 2.23 bits per heavy atom. The highest BCUT2D eigenvalue weighted by atomic mass is 35.5. The summed E-state index contributed by atoms with van der Waals surface area (Å²) in [5, 5.41) is 8.48. The Labute approximate surface area is 78.9 Å². The summed E-state index contributed by atoms with van der Waals surface area (Å²) in [6.07, 6.45) is 0. The monoisotopic (exact) mass is 203 g/mol. The first kappa shape index (κ1) is 9.80. The predicted molar refractivity (Wildman–Crippen MR) is 47.5 cm³/mol. The maximum absolute atomic E-state index is 13.0. The molecule has 0 fully saturated rings. The molecule has 1 rings (SSSR count). The zero-order chi connectivity index (χ0) is 10.2. The second-order valence-corrected chi connectivity index (χ2v) is 2.94. The lowest BCUT2D eigenvalue weighted by Crippen LogP contribution is -2.04. The molecule has 0 aliphatic rings. The highest BCUT2D eigenvalue weighted by Crippen LogP contribution is 2.28. The van der Waals surface area contributed by atoms with Gasteiger partial charge >= 0.3 is 5.97 Å². The fourth-order valence-electron chi connectivity index (χ4n) is 0.892. The summed E-state index contributed by atoms with van der Waals surface area (Å²) in [6, 6.07) is 0.857. The molecule has 5 heteroatoms. The summed E-state index contributed by atoms with van der Waals surface area (Å²) in [7, 11) is 0. The minimum atomic E-state index is -1.30. The number of rotatable bonds is 1. The van der Waals surface area contributed by atoms with Crippen molar-refractivity contribution in [3.05, 3.63) is 28.0 Å². The van der Waals surface area contributed by atoms with Crippen molar-refractivity contribution >= 4 is 23.3 Å². The number of hydrogen-bond donors (Lipinski definition) is 2. The lowest BCUT2D eigenvalue weighted by atomic mass is 10.1. The van der Waals surface area contributed by atoms with Crippen LogP contribution in [0.2, 0.25) is 5.02 Å². The van der Waals surface area contributed by atoms with Gasteiger partial charge in [0.1, 0.15) is 5.82 Å². The zero-order valence-corrected chi connectivity index (χ0v) is 7.52. The molecular weight excluding hydrogens is 197 g/mol. The van der Waals surface area contributed by atoms with Crippen molar-refractivity contribution in [1.29, 1.82) is 0 Å². The molecule has 0 bridgehead atoms. The van der Waals surface area contributed by atoms with Crippen molar-refractivity contribution in [2.45, 2.75) is 6.92 Å². The molecule has 0 atom stereocenters. The molecule has 0 aliphatic carbocycles. The van der Waals surface area contributed by atoms with E-state index in [0.717, 1.165) is 6.07 Å². The van der Waals surface area contributed by atoms with Crippen LogP contribution in [0.3, 0.4) is 0 Å². The molecule has 1 aromatic rings. The Morgan fingerprint density at radius 1 is 1.69 bits per heavy atom. The largest absolute Gasteiger partial charge is 0.478 e. The van der Waals surface area contributed by atoms with E-state index in [9.17, 15) is 9.18 Å². The number of nitrogen functional groups attached to an aromatic ring is 1. The van der Waals surface area contributed by atoms with Crippen LogP contribution in [-0.2, 0) is 0 Å². The molecule has 3 nitrogen and oxygen atoms in total. The summed E-state index contributed by atoms with van der Waals surface area (Å²) in [5.41, 5.74) is 5.20. The van der Waals surface area contributed by atoms with E-state index in [1.807, 2.05) is 0 Å². The van der Waals surface area contributed by atoms with Gasteiger partial charge in [-0.3, -0.25) is 0 Å². The Bertz CT molecular complexity index is 379. The van der Waals surface area contributed by atoms with Crippen molar-refractivity contribution in [2.24, 2.45) is 0 Å². The first-order valence-electron chi connectivity index (χ1n) is 3.42. The van der Waals surface area contributed by atoms with Crippen LogP contribution in [-0.4, -0.2) is 11.1 Å². The SMILES string of the molecule is Cc1c(F)cc(C(=O)O)c(Cl)c1N. The van der Waals surface area contributed by atoms with Crippen LogP contribution in [0.15, 0.2) is 6.07 Å². The number of anilines is 1. The number of benzene rings is 1. The molecule has 0 spiro atoms. The van der Waals surface area contributed by atoms with Gasteiger partial charge in [-0.15, -0.1) is 0 Å². The Hall–Kier alpha value is -1.29. The van der Waals surface area contributed by atoms with E-state index in [2.05, 4.69) is 0 Å². The van der Waals surface area contributed by atoms with Gasteiger partial charge in [-0.25, -0.2) is 9.18 Å². The molecule has 0 unspecified atom stereocenters. The van der Waals surface area contributed by atoms with E-state index in [4.69, 9.17) is 22.4 Å². The van der Waals surface area contributed by atoms with E-state index in [1.165, 1.54) is 6.92 Å². The number of hydrogen-bond acceptors (Lipinski definition) is 2. The molecule has 0 amide bonds. The van der Waals surface area contributed by atoms with Crippen LogP contribution < -0.4 is 5.73 Å². The Balaban J connectivity index is 3.50. The maximum atomic E-state index is 13.0. The summed E-state index contributed by atoms with van der Waals surface area (Å²) in [5.74, 6) is -1.96. The smallest absolute Gasteiger partial charge is 0.337 e. The highest BCUT2D eigenvalue weighted by Gasteiger charge is 2.16. The van der Waals surface area contributed by atoms with Crippen molar-refractivity contribution in [2.75, 3.05) is 5.73 Å². The van der Waals surface area contributed by atoms with E-state index in [1.54, 1.807) is 0 Å². The van der Waals surface area contributed by atoms with Crippen LogP contribution in [0.4, 0.5) is 10.1 Å². The van der Waals surface area contributed by atoms with Crippen molar-refractivity contribution in [3.8, 4) is 0 Å². The van der Waals surface area contributed by atoms with Crippen molar-refractivity contribution in [1.82, 2.24) is 0 Å². The fraction of sp³-hybridized carbons (Fsp3) is 0.125. The highest BCUT2D eigenvalue weighted by molar-refractivity contribution is 6.36. The third-order valence-corrected chi connectivity index (χ3v) is 2.14. The molecule has 1 aromatic carbocycles. The number of carbonyl (C=O) groups is 1. The number of nitrogens with two attached hydrogens (primary N) is 1. The van der Waals surface area contributed by atoms with Gasteiger partial charge in [-0.05, 0) is 13.0 Å². The molecular formula is C8H7ClFNO2. The first-order valence-corrected chi connectivity index (χ1v) is 3.80. The minimum absolute atomic E-state index is 0.0286. The molecule has 0 saturated carbocycles. The van der Waals surface area contributed by atoms with Gasteiger partial charge in [0.15, 0.2) is 0 Å². The van der Waals surface area contributed by atoms with Crippen molar-refractivity contribution in [3.63, 3.8) is 0 Å². The van der Waals surface area contributed by atoms with Gasteiger partial charge in [-0.2, -0.15) is 0 Å². The predicted octanol–water partition coefficient (Wildman–Crippen LogP) is 2.07. The van der Waals surface area contributed by atoms with Crippen LogP contribution in [0.1, 0.15) is 15.9 Å². The van der Waals surface area contributed by atoms with Gasteiger partial charge < -0.3 is 10.8 Å². The summed E-state index contributed by atoms with van der Waals surface area (Å²) < 4.78 is 13.0. The van der Waals surface area contributed by atoms with Gasteiger partial charge in [0.25, 0.3) is 0 Å². The Morgan fingerprint density at radius 3 is 2.69 bits per heavy atom. The van der Waals surface area contributed by atoms with Crippen LogP contribution in [0, 0.1) is 12.7 Å². The number of carboxylic acids is 1. The third kappa shape index (κ3) is 1.58. The molecule has 0 aliphatic heterocycles. The van der Waals surface area contributed by atoms with Crippen LogP contribution in [0.5, 0.6) is 0 Å². The average Bonchev–Trinajstić information content (AvgIpc) is 2.07. The molecule has 3 N–H and O–H groups in total. The molecule has 13 heavy (non-hydrogen) atoms. The maximum Gasteiger partial charge on any atom is 0.337 e. The second-order valence-electron chi connectivity index (χ2n) is 2.56. The molecule has 0 aromatic heterocycles. The Kier molecular flexibility index (Phi) is 2.43. The topological polar surface area (TPSA) is 63.3 Å². The van der Waals surface area contributed by atoms with Crippen LogP contribution in [0.25, 0.3) is 0 Å². The standard InChI is InChI=1S/C8H7ClFNO2/c1-3-5(10)2-4(8(12)13)6(9)7(3)11/h2H,11H2,1H3,(H,12,13). The molecule has 0 radical (unpaired) electrons. The zero-order valence-electron chi connectivity index (χ0n) is 6.77. The molecule has 0 heterocycles. The van der Waals surface area contributed by atoms with E-state index < -0.39 is 11.8 Å². The first-order chi connectivity index (χ1) is 5.95. The molecule has 0 saturated heterocycles. The lowest BCUT2D eigenvalue weighted by Gasteiger charge is -2.06. The quantitative estimate of drug-likeness (QED) is 0.687. The second kappa shape index (κ2) is 3.22. The van der Waals surface area contributed by atoms with Gasteiger partial charge in [-0.1, -0.05) is 11.6 Å². The van der Waals surface area contributed by atoms with Gasteiger partial charge in [0, 0.05) is 5.56 Å². The molecule has 70 valence electrons. The summed E-state index contributed by atoms with van der Waals surface area (Å²) in [4.78, 5) is 10.5. The average molecular weight is 204 g/mol. The number of aromatic carboxylic acids is 1. The van der Waals surface area contributed by atoms with E-state index in [-0.39, 0.29) is 21.8 Å². The summed E-state index contributed by atoms with van der Waals surface area (Å²) >= 11 is 5.59. The lowest BCUT2D eigenvalue weighted by molar-refractivity contribution is 0.0696. The normalized spacial score (nSPS) is 10.1. The summed E-state index contributed by atoms with van der Waals surface area (Å²) in [6.45, 7) is 1.43. The minimum Gasteiger partial charge on any atom is -0.478 e. The van der Waals surface area contributed by atoms with Gasteiger partial charge in [0.05, 0.1) is 16.3 Å². The number of carboxylic acid groups (broad SMARTS) is 1. The number of halogens is 2. The fourth-order valence-corrected chi connectivity index (χ4v) is 1.17. The van der Waals surface area contributed by atoms with Crippen molar-refractivity contribution < 1.29 is 14.3 Å².